The number of nitrogens with zero attached hydrogens (tertiary/aromatic N) is 2. The number of benzene rings is 1. The molecular weight excluding hydrogens is 419 g/mol. The lowest BCUT2D eigenvalue weighted by molar-refractivity contribution is -0.117. The molecule has 0 bridgehead atoms. The van der Waals surface area contributed by atoms with Crippen molar-refractivity contribution >= 4 is 54.5 Å². The minimum Gasteiger partial charge on any atom is -0.369 e. The third-order valence-corrected chi connectivity index (χ3v) is 5.13. The monoisotopic (exact) mass is 452 g/mol. The van der Waals surface area contributed by atoms with Crippen molar-refractivity contribution in [2.75, 3.05) is 42.9 Å². The highest BCUT2D eigenvalue weighted by molar-refractivity contribution is 5.95. The van der Waals surface area contributed by atoms with Crippen LogP contribution in [-0.2, 0) is 4.79 Å². The molecular formula is C20H35Cl3N4O. The standard InChI is InChI=1S/C20H32N4O.3ClH/c1-15(2)12-19(21)20(25)22-17-4-3-5-18(13-17)24-10-8-23(9-11-24)14-16-6-7-16;;;/h3-5,13,15-16,19H,6-12,14,21H2,1-2H3,(H,22,25);3*1H/t19-;;;/m0.../s1. The molecule has 1 atom stereocenters. The number of nitrogens with one attached hydrogen (secondary N) is 1. The first-order chi connectivity index (χ1) is 12.0. The maximum atomic E-state index is 12.2. The van der Waals surface area contributed by atoms with Crippen LogP contribution in [0.3, 0.4) is 0 Å². The third-order valence-electron chi connectivity index (χ3n) is 5.13. The molecule has 0 aromatic heterocycles. The number of rotatable bonds is 7. The first-order valence-corrected chi connectivity index (χ1v) is 9.65. The summed E-state index contributed by atoms with van der Waals surface area (Å²) >= 11 is 0. The van der Waals surface area contributed by atoms with Gasteiger partial charge >= 0.3 is 0 Å². The van der Waals surface area contributed by atoms with E-state index < -0.39 is 6.04 Å². The molecule has 2 fully saturated rings. The van der Waals surface area contributed by atoms with Gasteiger partial charge < -0.3 is 16.0 Å². The van der Waals surface area contributed by atoms with E-state index in [1.807, 2.05) is 12.1 Å². The van der Waals surface area contributed by atoms with E-state index in [-0.39, 0.29) is 43.1 Å². The number of carbonyl (C=O) groups is 1. The van der Waals surface area contributed by atoms with Gasteiger partial charge in [0.1, 0.15) is 0 Å². The van der Waals surface area contributed by atoms with Crippen molar-refractivity contribution in [1.82, 2.24) is 4.90 Å². The number of amides is 1. The summed E-state index contributed by atoms with van der Waals surface area (Å²) in [4.78, 5) is 17.2. The van der Waals surface area contributed by atoms with E-state index >= 15 is 0 Å². The van der Waals surface area contributed by atoms with Crippen LogP contribution in [0.5, 0.6) is 0 Å². The highest BCUT2D eigenvalue weighted by atomic mass is 35.5. The van der Waals surface area contributed by atoms with Crippen LogP contribution in [0.25, 0.3) is 0 Å². The predicted octanol–water partition coefficient (Wildman–Crippen LogP) is 3.80. The van der Waals surface area contributed by atoms with Gasteiger partial charge in [-0.25, -0.2) is 0 Å². The maximum absolute atomic E-state index is 12.2. The summed E-state index contributed by atoms with van der Waals surface area (Å²) < 4.78 is 0. The smallest absolute Gasteiger partial charge is 0.241 e. The Kier molecular flexibility index (Phi) is 12.4. The van der Waals surface area contributed by atoms with Crippen molar-refractivity contribution in [1.29, 1.82) is 0 Å². The summed E-state index contributed by atoms with van der Waals surface area (Å²) in [6.07, 6.45) is 3.54. The molecule has 5 nitrogen and oxygen atoms in total. The number of anilines is 2. The largest absolute Gasteiger partial charge is 0.369 e. The Balaban J connectivity index is 0.00000243. The van der Waals surface area contributed by atoms with Gasteiger partial charge in [-0.1, -0.05) is 19.9 Å². The molecule has 8 heteroatoms. The topological polar surface area (TPSA) is 61.6 Å². The van der Waals surface area contributed by atoms with Gasteiger partial charge in [-0.2, -0.15) is 0 Å². The average molecular weight is 454 g/mol. The zero-order chi connectivity index (χ0) is 17.8. The Hall–Kier alpha value is -0.720. The normalized spacial score (nSPS) is 17.8. The van der Waals surface area contributed by atoms with Gasteiger partial charge in [0.25, 0.3) is 0 Å². The maximum Gasteiger partial charge on any atom is 0.241 e. The molecule has 2 aliphatic rings. The average Bonchev–Trinajstić information content (AvgIpc) is 3.39. The molecule has 0 unspecified atom stereocenters. The molecule has 3 N–H and O–H groups in total. The first-order valence-electron chi connectivity index (χ1n) is 9.65. The van der Waals surface area contributed by atoms with Gasteiger partial charge in [0.05, 0.1) is 6.04 Å². The van der Waals surface area contributed by atoms with E-state index in [1.165, 1.54) is 25.1 Å². The highest BCUT2D eigenvalue weighted by Crippen LogP contribution is 2.30. The summed E-state index contributed by atoms with van der Waals surface area (Å²) in [7, 11) is 0. The van der Waals surface area contributed by atoms with Crippen LogP contribution in [0.15, 0.2) is 24.3 Å². The van der Waals surface area contributed by atoms with Crippen LogP contribution in [0.1, 0.15) is 33.1 Å². The molecule has 1 heterocycles. The van der Waals surface area contributed by atoms with Crippen molar-refractivity contribution < 1.29 is 4.79 Å². The predicted molar refractivity (Wildman–Crippen MR) is 126 cm³/mol. The summed E-state index contributed by atoms with van der Waals surface area (Å²) in [5, 5.41) is 2.97. The molecule has 1 amide bonds. The fourth-order valence-corrected chi connectivity index (χ4v) is 3.48. The van der Waals surface area contributed by atoms with Crippen LogP contribution >= 0.6 is 37.2 Å². The Labute approximate surface area is 188 Å². The Morgan fingerprint density at radius 1 is 1.14 bits per heavy atom. The van der Waals surface area contributed by atoms with E-state index in [9.17, 15) is 4.79 Å². The minimum atomic E-state index is -0.449. The number of hydrogen-bond acceptors (Lipinski definition) is 4. The number of piperazine rings is 1. The molecule has 0 spiro atoms. The van der Waals surface area contributed by atoms with Crippen LogP contribution in [0.2, 0.25) is 0 Å². The molecule has 1 saturated carbocycles. The molecule has 1 saturated heterocycles. The second-order valence-corrected chi connectivity index (χ2v) is 8.01. The Bertz CT molecular complexity index is 591. The molecule has 0 radical (unpaired) electrons. The van der Waals surface area contributed by atoms with E-state index in [0.29, 0.717) is 12.3 Å². The number of nitrogens with two attached hydrogens (primary N) is 1. The third kappa shape index (κ3) is 8.34. The highest BCUT2D eigenvalue weighted by Gasteiger charge is 2.26. The Morgan fingerprint density at radius 3 is 2.36 bits per heavy atom. The lowest BCUT2D eigenvalue weighted by atomic mass is 10.0. The summed E-state index contributed by atoms with van der Waals surface area (Å²) in [5.41, 5.74) is 8.00. The first kappa shape index (κ1) is 27.3. The van der Waals surface area contributed by atoms with Crippen LogP contribution < -0.4 is 16.0 Å². The molecule has 28 heavy (non-hydrogen) atoms. The van der Waals surface area contributed by atoms with Gasteiger partial charge in [-0.15, -0.1) is 37.2 Å². The molecule has 162 valence electrons. The zero-order valence-corrected chi connectivity index (χ0v) is 19.3. The molecule has 1 aliphatic carbocycles. The van der Waals surface area contributed by atoms with Gasteiger partial charge in [-0.3, -0.25) is 9.69 Å². The van der Waals surface area contributed by atoms with E-state index in [2.05, 4.69) is 41.1 Å². The van der Waals surface area contributed by atoms with Crippen molar-refractivity contribution in [3.05, 3.63) is 24.3 Å². The Morgan fingerprint density at radius 2 is 1.79 bits per heavy atom. The van der Waals surface area contributed by atoms with Crippen molar-refractivity contribution in [3.63, 3.8) is 0 Å². The van der Waals surface area contributed by atoms with Crippen LogP contribution in [0.4, 0.5) is 11.4 Å². The zero-order valence-electron chi connectivity index (χ0n) is 16.8. The van der Waals surface area contributed by atoms with Gasteiger partial charge in [0.2, 0.25) is 5.91 Å². The van der Waals surface area contributed by atoms with Crippen LogP contribution in [0, 0.1) is 11.8 Å². The van der Waals surface area contributed by atoms with Crippen molar-refractivity contribution in [3.8, 4) is 0 Å². The van der Waals surface area contributed by atoms with Gasteiger partial charge in [-0.05, 0) is 49.3 Å². The molecule has 1 aromatic rings. The SMILES string of the molecule is CC(C)C[C@H](N)C(=O)Nc1cccc(N2CCN(CC3CC3)CC2)c1.Cl.Cl.Cl. The fourth-order valence-electron chi connectivity index (χ4n) is 3.48. The lowest BCUT2D eigenvalue weighted by Crippen LogP contribution is -2.47. The van der Waals surface area contributed by atoms with E-state index in [1.54, 1.807) is 0 Å². The summed E-state index contributed by atoms with van der Waals surface area (Å²) in [6.45, 7) is 9.80. The van der Waals surface area contributed by atoms with Gasteiger partial charge in [0, 0.05) is 44.1 Å². The number of carbonyl (C=O) groups excluding carboxylic acids is 1. The molecule has 1 aromatic carbocycles. The quantitative estimate of drug-likeness (QED) is 0.659. The van der Waals surface area contributed by atoms with Crippen LogP contribution in [-0.4, -0.2) is 49.6 Å². The summed E-state index contributed by atoms with van der Waals surface area (Å²) in [6, 6.07) is 7.69. The second kappa shape index (κ2) is 12.8. The molecule has 3 rings (SSSR count). The van der Waals surface area contributed by atoms with Crippen molar-refractivity contribution in [2.24, 2.45) is 17.6 Å². The summed E-state index contributed by atoms with van der Waals surface area (Å²) in [5.74, 6) is 1.28. The van der Waals surface area contributed by atoms with E-state index in [0.717, 1.165) is 37.8 Å². The number of hydrogen-bond donors (Lipinski definition) is 2. The van der Waals surface area contributed by atoms with E-state index in [4.69, 9.17) is 5.73 Å². The minimum absolute atomic E-state index is 0. The van der Waals surface area contributed by atoms with Crippen molar-refractivity contribution in [2.45, 2.75) is 39.2 Å². The second-order valence-electron chi connectivity index (χ2n) is 8.01. The molecule has 1 aliphatic heterocycles. The lowest BCUT2D eigenvalue weighted by Gasteiger charge is -2.36. The fraction of sp³-hybridized carbons (Fsp3) is 0.650. The number of halogens is 3. The van der Waals surface area contributed by atoms with Gasteiger partial charge in [0.15, 0.2) is 0 Å².